The number of hydrogen-bond acceptors (Lipinski definition) is 5. The molecular formula is C53H35N5. The number of rotatable bonds is 8. The molecule has 0 radical (unpaired) electrons. The molecule has 0 fully saturated rings. The van der Waals surface area contributed by atoms with Gasteiger partial charge in [-0.05, 0) is 51.2 Å². The van der Waals surface area contributed by atoms with Crippen LogP contribution in [0, 0.1) is 0 Å². The van der Waals surface area contributed by atoms with Crippen LogP contribution in [0.25, 0.3) is 101 Å². The molecule has 8 aromatic carbocycles. The Morgan fingerprint density at radius 1 is 0.224 bits per heavy atom. The molecule has 5 nitrogen and oxygen atoms in total. The summed E-state index contributed by atoms with van der Waals surface area (Å²) in [5, 5.41) is 2.34. The van der Waals surface area contributed by atoms with Crippen LogP contribution in [-0.4, -0.2) is 24.9 Å². The summed E-state index contributed by atoms with van der Waals surface area (Å²) >= 11 is 0. The van der Waals surface area contributed by atoms with Crippen LogP contribution in [0.15, 0.2) is 212 Å². The summed E-state index contributed by atoms with van der Waals surface area (Å²) in [6.07, 6.45) is 0. The second kappa shape index (κ2) is 15.3. The average molecular weight is 742 g/mol. The molecule has 0 saturated carbocycles. The fourth-order valence-corrected chi connectivity index (χ4v) is 7.38. The van der Waals surface area contributed by atoms with E-state index in [0.29, 0.717) is 23.3 Å². The second-order valence-corrected chi connectivity index (χ2v) is 14.1. The van der Waals surface area contributed by atoms with Gasteiger partial charge < -0.3 is 0 Å². The Balaban J connectivity index is 0.978. The van der Waals surface area contributed by atoms with Crippen molar-refractivity contribution in [2.75, 3.05) is 0 Å². The Hall–Kier alpha value is -7.89. The molecule has 0 bridgehead atoms. The van der Waals surface area contributed by atoms with E-state index in [9.17, 15) is 0 Å². The van der Waals surface area contributed by atoms with Crippen LogP contribution in [0.4, 0.5) is 0 Å². The van der Waals surface area contributed by atoms with Crippen molar-refractivity contribution in [1.29, 1.82) is 0 Å². The molecule has 10 rings (SSSR count). The van der Waals surface area contributed by atoms with Gasteiger partial charge in [0.25, 0.3) is 0 Å². The third kappa shape index (κ3) is 7.04. The molecule has 0 unspecified atom stereocenters. The molecule has 5 heteroatoms. The molecule has 0 aliphatic carbocycles. The lowest BCUT2D eigenvalue weighted by molar-refractivity contribution is 1.07. The second-order valence-electron chi connectivity index (χ2n) is 14.1. The predicted octanol–water partition coefficient (Wildman–Crippen LogP) is 13.2. The quantitative estimate of drug-likeness (QED) is 0.155. The molecule has 2 aromatic heterocycles. The summed E-state index contributed by atoms with van der Waals surface area (Å²) in [6.45, 7) is 0. The first-order valence-electron chi connectivity index (χ1n) is 19.3. The van der Waals surface area contributed by atoms with Crippen molar-refractivity contribution in [2.45, 2.75) is 0 Å². The van der Waals surface area contributed by atoms with Crippen LogP contribution in [0.1, 0.15) is 0 Å². The van der Waals surface area contributed by atoms with Crippen molar-refractivity contribution in [3.8, 4) is 90.3 Å². The molecule has 0 spiro atoms. The Kier molecular flexibility index (Phi) is 9.14. The third-order valence-corrected chi connectivity index (χ3v) is 10.4. The Morgan fingerprint density at radius 2 is 0.621 bits per heavy atom. The number of hydrogen-bond donors (Lipinski definition) is 0. The molecule has 0 aliphatic rings. The normalized spacial score (nSPS) is 11.1. The third-order valence-electron chi connectivity index (χ3n) is 10.4. The molecule has 0 amide bonds. The SMILES string of the molecule is c1ccc(-c2cc(-c3ccccc3)nc(-c3cccc(-c4ccc5c(-c6ccc(-c7nc(-c8ccccc8)nc(-c8ccccc8)n7)cc6)cccc5c4)c3)n2)cc1. The summed E-state index contributed by atoms with van der Waals surface area (Å²) < 4.78 is 0. The van der Waals surface area contributed by atoms with E-state index in [1.165, 1.54) is 5.39 Å². The zero-order chi connectivity index (χ0) is 38.7. The van der Waals surface area contributed by atoms with Gasteiger partial charge in [0.1, 0.15) is 0 Å². The average Bonchev–Trinajstić information content (AvgIpc) is 3.32. The van der Waals surface area contributed by atoms with Crippen LogP contribution < -0.4 is 0 Å². The molecule has 0 atom stereocenters. The predicted molar refractivity (Wildman–Crippen MR) is 236 cm³/mol. The molecule has 10 aromatic rings. The fourth-order valence-electron chi connectivity index (χ4n) is 7.38. The van der Waals surface area contributed by atoms with Gasteiger partial charge in [0.2, 0.25) is 0 Å². The van der Waals surface area contributed by atoms with Crippen molar-refractivity contribution >= 4 is 10.8 Å². The summed E-state index contributed by atoms with van der Waals surface area (Å²) in [7, 11) is 0. The first-order valence-corrected chi connectivity index (χ1v) is 19.3. The highest BCUT2D eigenvalue weighted by Gasteiger charge is 2.15. The van der Waals surface area contributed by atoms with Crippen LogP contribution in [0.3, 0.4) is 0 Å². The lowest BCUT2D eigenvalue weighted by Gasteiger charge is -2.12. The Labute approximate surface area is 337 Å². The van der Waals surface area contributed by atoms with Gasteiger partial charge >= 0.3 is 0 Å². The number of aromatic nitrogens is 5. The fraction of sp³-hybridized carbons (Fsp3) is 0. The van der Waals surface area contributed by atoms with Gasteiger partial charge in [-0.1, -0.05) is 194 Å². The Bertz CT molecular complexity index is 2910. The van der Waals surface area contributed by atoms with Gasteiger partial charge in [-0.3, -0.25) is 0 Å². The van der Waals surface area contributed by atoms with Crippen LogP contribution in [0.5, 0.6) is 0 Å². The van der Waals surface area contributed by atoms with Gasteiger partial charge in [0.15, 0.2) is 23.3 Å². The maximum absolute atomic E-state index is 5.07. The van der Waals surface area contributed by atoms with E-state index in [1.54, 1.807) is 0 Å². The molecule has 0 aliphatic heterocycles. The first kappa shape index (κ1) is 34.6. The first-order chi connectivity index (χ1) is 28.7. The largest absolute Gasteiger partial charge is 0.228 e. The number of nitrogens with zero attached hydrogens (tertiary/aromatic N) is 5. The van der Waals surface area contributed by atoms with E-state index < -0.39 is 0 Å². The maximum Gasteiger partial charge on any atom is 0.164 e. The van der Waals surface area contributed by atoms with Crippen molar-refractivity contribution < 1.29 is 0 Å². The zero-order valence-electron chi connectivity index (χ0n) is 31.4. The summed E-state index contributed by atoms with van der Waals surface area (Å²) in [5.41, 5.74) is 12.2. The lowest BCUT2D eigenvalue weighted by Crippen LogP contribution is -2.00. The van der Waals surface area contributed by atoms with E-state index in [-0.39, 0.29) is 0 Å². The minimum Gasteiger partial charge on any atom is -0.228 e. The van der Waals surface area contributed by atoms with Gasteiger partial charge in [-0.2, -0.15) is 0 Å². The topological polar surface area (TPSA) is 64.5 Å². The smallest absolute Gasteiger partial charge is 0.164 e. The van der Waals surface area contributed by atoms with Gasteiger partial charge in [-0.25, -0.2) is 24.9 Å². The van der Waals surface area contributed by atoms with Gasteiger partial charge in [0, 0.05) is 33.4 Å². The lowest BCUT2D eigenvalue weighted by atomic mass is 9.94. The molecular weight excluding hydrogens is 707 g/mol. The maximum atomic E-state index is 5.07. The number of fused-ring (bicyclic) bond motifs is 1. The molecule has 0 saturated heterocycles. The van der Waals surface area contributed by atoms with E-state index in [1.807, 2.05) is 97.1 Å². The minimum atomic E-state index is 0.637. The highest BCUT2D eigenvalue weighted by molar-refractivity contribution is 5.99. The van der Waals surface area contributed by atoms with E-state index >= 15 is 0 Å². The van der Waals surface area contributed by atoms with Crippen molar-refractivity contribution in [3.63, 3.8) is 0 Å². The standard InChI is InChI=1S/C53H35N5/c1-5-15-37(16-6-1)48-35-49(38-17-7-2-8-18-38)55-53(54-48)45-25-13-23-42(34-45)43-31-32-47-44(33-43)24-14-26-46(47)36-27-29-41(30-28-36)52-57-50(39-19-9-3-10-20-39)56-51(58-52)40-21-11-4-12-22-40/h1-35H. The van der Waals surface area contributed by atoms with Crippen LogP contribution >= 0.6 is 0 Å². The van der Waals surface area contributed by atoms with E-state index in [2.05, 4.69) is 115 Å². The van der Waals surface area contributed by atoms with Crippen LogP contribution in [0.2, 0.25) is 0 Å². The van der Waals surface area contributed by atoms with E-state index in [4.69, 9.17) is 24.9 Å². The summed E-state index contributed by atoms with van der Waals surface area (Å²) in [5.74, 6) is 2.62. The van der Waals surface area contributed by atoms with E-state index in [0.717, 1.165) is 72.4 Å². The van der Waals surface area contributed by atoms with Gasteiger partial charge in [0.05, 0.1) is 11.4 Å². The highest BCUT2D eigenvalue weighted by Crippen LogP contribution is 2.35. The van der Waals surface area contributed by atoms with Gasteiger partial charge in [-0.15, -0.1) is 0 Å². The Morgan fingerprint density at radius 3 is 1.17 bits per heavy atom. The van der Waals surface area contributed by atoms with Crippen molar-refractivity contribution in [3.05, 3.63) is 212 Å². The molecule has 2 heterocycles. The summed E-state index contributed by atoms with van der Waals surface area (Å²) in [4.78, 5) is 24.8. The molecule has 272 valence electrons. The molecule has 58 heavy (non-hydrogen) atoms. The highest BCUT2D eigenvalue weighted by atomic mass is 15.0. The summed E-state index contributed by atoms with van der Waals surface area (Å²) in [6, 6.07) is 73.0. The minimum absolute atomic E-state index is 0.637. The van der Waals surface area contributed by atoms with Crippen molar-refractivity contribution in [1.82, 2.24) is 24.9 Å². The zero-order valence-corrected chi connectivity index (χ0v) is 31.4. The number of benzene rings is 8. The van der Waals surface area contributed by atoms with Crippen LogP contribution in [-0.2, 0) is 0 Å². The molecule has 0 N–H and O–H groups in total. The monoisotopic (exact) mass is 741 g/mol. The van der Waals surface area contributed by atoms with Crippen molar-refractivity contribution in [2.24, 2.45) is 0 Å².